The average molecular weight is 1570 g/mol. The van der Waals surface area contributed by atoms with Gasteiger partial charge in [0.25, 0.3) is 20.4 Å². The molecule has 2 unspecified atom stereocenters. The molecule has 574 valence electrons. The number of hydrogen-bond donors (Lipinski definition) is 10. The number of thioether (sulfide) groups is 1. The maximum absolute atomic E-state index is 11.3. The Labute approximate surface area is 635 Å². The van der Waals surface area contributed by atoms with E-state index in [0.29, 0.717) is 67.1 Å². The van der Waals surface area contributed by atoms with Gasteiger partial charge in [0.05, 0.1) is 89.2 Å². The molecule has 6 heterocycles. The summed E-state index contributed by atoms with van der Waals surface area (Å²) in [5, 5.41) is 25.9. The average Bonchev–Trinajstić information content (AvgIpc) is 1.15. The van der Waals surface area contributed by atoms with Crippen LogP contribution in [0, 0.1) is 66.4 Å². The van der Waals surface area contributed by atoms with Crippen molar-refractivity contribution in [1.29, 1.82) is 0 Å². The van der Waals surface area contributed by atoms with Crippen molar-refractivity contribution in [3.8, 4) is 35.0 Å². The predicted molar refractivity (Wildman–Crippen MR) is 436 cm³/mol. The lowest BCUT2D eigenvalue weighted by Gasteiger charge is -2.26. The number of methoxy groups -OCH3 is 2. The van der Waals surface area contributed by atoms with Gasteiger partial charge in [0.2, 0.25) is 15.7 Å². The number of H-pyrrole nitrogens is 1. The van der Waals surface area contributed by atoms with E-state index >= 15 is 0 Å². The number of ether oxygens (including phenoxy) is 3. The molecule has 5 aromatic heterocycles. The molecule has 0 spiro atoms. The molecule has 0 amide bonds. The number of anilines is 3. The van der Waals surface area contributed by atoms with Gasteiger partial charge in [-0.05, 0) is 203 Å². The zero-order valence-electron chi connectivity index (χ0n) is 61.6. The van der Waals surface area contributed by atoms with Gasteiger partial charge in [-0.15, -0.1) is 30.6 Å². The molecule has 1 aliphatic rings. The Hall–Kier alpha value is -8.03. The first-order valence-corrected chi connectivity index (χ1v) is 42.0. The number of halogens is 1. The summed E-state index contributed by atoms with van der Waals surface area (Å²) in [7, 11) is -9.91. The summed E-state index contributed by atoms with van der Waals surface area (Å²) in [4.78, 5) is 32.4. The molecule has 106 heavy (non-hydrogen) atoms. The van der Waals surface area contributed by atoms with E-state index in [4.69, 9.17) is 42.6 Å². The number of aryl methyl sites for hydroxylation is 6. The third kappa shape index (κ3) is 27.3. The van der Waals surface area contributed by atoms with Gasteiger partial charge >= 0.3 is 0 Å². The number of nitrogens with one attached hydrogen (secondary N) is 7. The summed E-state index contributed by atoms with van der Waals surface area (Å²) in [5.41, 5.74) is 16.4. The fourth-order valence-electron chi connectivity index (χ4n) is 11.8. The van der Waals surface area contributed by atoms with E-state index in [1.807, 2.05) is 24.7 Å². The summed E-state index contributed by atoms with van der Waals surface area (Å²) in [6.07, 6.45) is 25.9. The molecule has 4 aromatic carbocycles. The van der Waals surface area contributed by atoms with Crippen LogP contribution in [-0.4, -0.2) is 157 Å². The topological polar surface area (TPSA) is 385 Å². The number of benzene rings is 4. The van der Waals surface area contributed by atoms with Crippen LogP contribution in [0.4, 0.5) is 22.9 Å². The number of unbranched alkanes of at least 4 members (excludes halogenated alkanes) is 3. The van der Waals surface area contributed by atoms with Gasteiger partial charge in [0.15, 0.2) is 11.5 Å². The number of fused-ring (bicyclic) bond motifs is 4. The smallest absolute Gasteiger partial charge is 0.274 e. The maximum Gasteiger partial charge on any atom is 0.274 e. The highest BCUT2D eigenvalue weighted by atomic mass is 35.5. The fourth-order valence-corrected chi connectivity index (χ4v) is 14.7. The van der Waals surface area contributed by atoms with Crippen molar-refractivity contribution in [2.45, 2.75) is 104 Å². The first-order valence-electron chi connectivity index (χ1n) is 34.3. The number of aromatic nitrogens is 6. The number of pyridine rings is 3. The molecule has 33 heteroatoms. The molecule has 1 fully saturated rings. The Morgan fingerprint density at radius 2 is 1.25 bits per heavy atom. The highest BCUT2D eigenvalue weighted by Gasteiger charge is 2.22. The minimum absolute atomic E-state index is 0. The molecule has 0 saturated carbocycles. The SMILES string of the molecule is C#Cc1cnc2cc(C)c(C)cc2c1SCCCCCNS(N)(=O)=O.C=S(N)(=O)NCCCCNc1ncnc2cc(-c3cc[nH]c3)c(C)cc12.Cc1cc2ncc(C)c(N3CCCC(CCNS(N)(=O)=O)CC3)c2cc1C.Cl.[C-]#[N+]c1cnc2cc(OC)c(OC)cc2c1NCCOCCNS(C)(=O)=O. The van der Waals surface area contributed by atoms with E-state index in [-0.39, 0.29) is 25.6 Å². The van der Waals surface area contributed by atoms with Crippen molar-refractivity contribution in [1.82, 2.24) is 48.8 Å². The summed E-state index contributed by atoms with van der Waals surface area (Å²) < 4.78 is 103. The van der Waals surface area contributed by atoms with E-state index in [1.165, 1.54) is 50.7 Å². The van der Waals surface area contributed by atoms with Gasteiger partial charge in [0, 0.05) is 116 Å². The number of hydrogen-bond acceptors (Lipinski definition) is 19. The van der Waals surface area contributed by atoms with Crippen molar-refractivity contribution in [2.75, 3.05) is 107 Å². The molecule has 10 rings (SSSR count). The lowest BCUT2D eigenvalue weighted by Crippen LogP contribution is -2.32. The molecular formula is C73H100ClN17O10S5. The van der Waals surface area contributed by atoms with E-state index in [9.17, 15) is 29.5 Å². The van der Waals surface area contributed by atoms with Crippen LogP contribution < -0.4 is 59.3 Å². The highest BCUT2D eigenvalue weighted by Crippen LogP contribution is 2.40. The molecule has 27 nitrogen and oxygen atoms in total. The number of rotatable bonds is 31. The third-order valence-corrected chi connectivity index (χ3v) is 21.2. The largest absolute Gasteiger partial charge is 0.493 e. The standard InChI is InChI=1S/C20H30N4O2S.C18H24N6OS.C18H23N3O2S2.C17H22N4O5S.ClH/c1-14-11-18-19(12-15(14)2)22-13-16(3)20(18)24-9-4-5-17(7-10-24)6-8-23-27(21,25)26;1-13-9-16-17(10-15(13)14-5-8-20-11-14)22-12-23-18(16)21-6-3-4-7-24-26(2,19)25;1-4-15-12-20-17-11-14(3)13(2)10-16(17)18(15)24-9-7-5-6-8-21-25(19,22)23;1-18-14-11-20-13-10-16(25-3)15(24-2)9-12(13)17(14)19-5-7-26-8-6-21-27(4,22)23;/h11-13,17,23H,4-10H2,1-3H3,(H2,21,25,26);5,8-12,20H,2-4,6-7H2,1H3,(H3,19,24,25)(H,21,22,23);1,10-12,21H,5-9H2,2-3H3,(H2,19,22,23);9-11,21H,5-8H2,2-4H3,(H,19,20);1H. The molecule has 0 aliphatic carbocycles. The number of nitrogens with two attached hydrogens (primary N) is 3. The van der Waals surface area contributed by atoms with Gasteiger partial charge < -0.3 is 34.7 Å². The van der Waals surface area contributed by atoms with E-state index in [0.717, 1.165) is 150 Å². The zero-order valence-corrected chi connectivity index (χ0v) is 66.5. The van der Waals surface area contributed by atoms with Gasteiger partial charge in [-0.25, -0.2) is 61.7 Å². The van der Waals surface area contributed by atoms with Crippen molar-refractivity contribution in [2.24, 2.45) is 21.3 Å². The van der Waals surface area contributed by atoms with Crippen LogP contribution in [0.15, 0.2) is 96.8 Å². The van der Waals surface area contributed by atoms with Crippen molar-refractivity contribution >= 4 is 137 Å². The number of nitrogens with zero attached hydrogens (tertiary/aromatic N) is 7. The van der Waals surface area contributed by atoms with Gasteiger partial charge in [-0.3, -0.25) is 15.0 Å². The van der Waals surface area contributed by atoms with Gasteiger partial charge in [-0.2, -0.15) is 16.8 Å². The van der Waals surface area contributed by atoms with Crippen LogP contribution in [0.3, 0.4) is 0 Å². The molecular weight excluding hydrogens is 1470 g/mol. The lowest BCUT2D eigenvalue weighted by molar-refractivity contribution is 0.149. The van der Waals surface area contributed by atoms with E-state index in [1.54, 1.807) is 50.6 Å². The third-order valence-electron chi connectivity index (χ3n) is 17.4. The first-order chi connectivity index (χ1) is 49.9. The monoisotopic (exact) mass is 1570 g/mol. The quantitative estimate of drug-likeness (QED) is 0.00634. The predicted octanol–water partition coefficient (Wildman–Crippen LogP) is 10.3. The highest BCUT2D eigenvalue weighted by molar-refractivity contribution is 7.99. The normalized spacial score (nSPS) is 13.7. The fraction of sp³-hybridized carbons (Fsp3) is 0.411. The molecule has 9 aromatic rings. The minimum Gasteiger partial charge on any atom is -0.493 e. The second-order valence-electron chi connectivity index (χ2n) is 25.5. The number of sulfonamides is 1. The van der Waals surface area contributed by atoms with Gasteiger partial charge in [0.1, 0.15) is 12.1 Å². The Bertz CT molecular complexity index is 5010. The number of aromatic amines is 1. The second kappa shape index (κ2) is 41.3. The van der Waals surface area contributed by atoms with Crippen molar-refractivity contribution in [3.63, 3.8) is 0 Å². The zero-order chi connectivity index (χ0) is 76.5. The molecule has 13 N–H and O–H groups in total. The van der Waals surface area contributed by atoms with Gasteiger partial charge in [-0.1, -0.05) is 12.3 Å². The Kier molecular flexibility index (Phi) is 33.9. The van der Waals surface area contributed by atoms with Crippen LogP contribution in [0.25, 0.3) is 59.6 Å². The summed E-state index contributed by atoms with van der Waals surface area (Å²) in [5.74, 6) is 9.44. The minimum atomic E-state index is -3.59. The van der Waals surface area contributed by atoms with Crippen molar-refractivity contribution in [3.05, 3.63) is 142 Å². The second-order valence-corrected chi connectivity index (χ2v) is 33.0. The Morgan fingerprint density at radius 1 is 0.651 bits per heavy atom. The Balaban J connectivity index is 0.000000221. The molecule has 1 aliphatic heterocycles. The summed E-state index contributed by atoms with van der Waals surface area (Å²) in [6.45, 7) is 25.4. The summed E-state index contributed by atoms with van der Waals surface area (Å²) >= 11 is 1.73. The van der Waals surface area contributed by atoms with Crippen LogP contribution in [-0.2, 0) is 45.1 Å². The van der Waals surface area contributed by atoms with Crippen LogP contribution in [0.5, 0.6) is 11.5 Å². The lowest BCUT2D eigenvalue weighted by atomic mass is 9.97. The van der Waals surface area contributed by atoms with E-state index < -0.39 is 40.3 Å². The first kappa shape index (κ1) is 86.9. The summed E-state index contributed by atoms with van der Waals surface area (Å²) in [6, 6.07) is 18.5. The maximum atomic E-state index is 11.3. The van der Waals surface area contributed by atoms with Crippen LogP contribution in [0.2, 0.25) is 0 Å². The molecule has 2 atom stereocenters. The van der Waals surface area contributed by atoms with E-state index in [2.05, 4.69) is 159 Å². The number of terminal acetylenes is 1. The van der Waals surface area contributed by atoms with Crippen LogP contribution >= 0.6 is 24.2 Å². The Morgan fingerprint density at radius 3 is 1.92 bits per heavy atom. The molecule has 0 bridgehead atoms. The van der Waals surface area contributed by atoms with Crippen molar-refractivity contribution < 1.29 is 43.7 Å². The molecule has 0 radical (unpaired) electrons. The molecule has 1 saturated heterocycles. The van der Waals surface area contributed by atoms with Crippen LogP contribution in [0.1, 0.15) is 96.7 Å².